The molecule has 1 fully saturated rings. The van der Waals surface area contributed by atoms with Gasteiger partial charge >= 0.3 is 0 Å². The largest absolute Gasteiger partial charge is 0.479 e. The smallest absolute Gasteiger partial charge is 0.265 e. The summed E-state index contributed by atoms with van der Waals surface area (Å²) in [6.07, 6.45) is 1.60. The predicted octanol–water partition coefficient (Wildman–Crippen LogP) is 1.02. The second-order valence-corrected chi connectivity index (χ2v) is 8.37. The third-order valence-electron chi connectivity index (χ3n) is 4.47. The topological polar surface area (TPSA) is 105 Å². The fourth-order valence-corrected chi connectivity index (χ4v) is 3.85. The van der Waals surface area contributed by atoms with Crippen molar-refractivity contribution in [2.75, 3.05) is 30.0 Å². The number of hydrogen-bond acceptors (Lipinski definition) is 5. The fourth-order valence-electron chi connectivity index (χ4n) is 2.98. The quantitative estimate of drug-likeness (QED) is 0.830. The van der Waals surface area contributed by atoms with Crippen LogP contribution in [-0.2, 0) is 19.6 Å². The van der Waals surface area contributed by atoms with Crippen LogP contribution in [0.5, 0.6) is 5.75 Å². The summed E-state index contributed by atoms with van der Waals surface area (Å²) in [6, 6.07) is 5.07. The van der Waals surface area contributed by atoms with Gasteiger partial charge in [-0.05, 0) is 38.0 Å². The Kier molecular flexibility index (Phi) is 4.70. The number of piperidine rings is 1. The lowest BCUT2D eigenvalue weighted by atomic mass is 9.97. The molecular formula is C16H21N3O5S. The van der Waals surface area contributed by atoms with E-state index in [1.807, 2.05) is 0 Å². The van der Waals surface area contributed by atoms with E-state index in [2.05, 4.69) is 10.6 Å². The van der Waals surface area contributed by atoms with E-state index in [4.69, 9.17) is 4.74 Å². The van der Waals surface area contributed by atoms with Crippen LogP contribution in [-0.4, -0.2) is 50.0 Å². The molecule has 1 unspecified atom stereocenters. The second kappa shape index (κ2) is 6.64. The number of nitrogens with zero attached hydrogens (tertiary/aromatic N) is 1. The van der Waals surface area contributed by atoms with E-state index < -0.39 is 16.1 Å². The molecule has 2 amide bonds. The van der Waals surface area contributed by atoms with Crippen molar-refractivity contribution in [3.63, 3.8) is 0 Å². The molecule has 1 atom stereocenters. The first-order valence-electron chi connectivity index (χ1n) is 8.11. The van der Waals surface area contributed by atoms with E-state index in [9.17, 15) is 18.0 Å². The van der Waals surface area contributed by atoms with Gasteiger partial charge in [0.15, 0.2) is 6.10 Å². The minimum Gasteiger partial charge on any atom is -0.479 e. The number of fused-ring (bicyclic) bond motifs is 1. The third kappa shape index (κ3) is 3.93. The van der Waals surface area contributed by atoms with Gasteiger partial charge in [-0.25, -0.2) is 12.7 Å². The Hall–Kier alpha value is -2.13. The van der Waals surface area contributed by atoms with Crippen LogP contribution in [0.4, 0.5) is 11.4 Å². The van der Waals surface area contributed by atoms with Gasteiger partial charge in [0.2, 0.25) is 15.9 Å². The molecule has 2 heterocycles. The second-order valence-electron chi connectivity index (χ2n) is 6.39. The van der Waals surface area contributed by atoms with Crippen molar-refractivity contribution in [1.29, 1.82) is 0 Å². The van der Waals surface area contributed by atoms with E-state index in [0.29, 0.717) is 43.1 Å². The molecule has 0 aliphatic carbocycles. The lowest BCUT2D eigenvalue weighted by molar-refractivity contribution is -0.122. The Morgan fingerprint density at radius 2 is 2.00 bits per heavy atom. The summed E-state index contributed by atoms with van der Waals surface area (Å²) in [7, 11) is -3.21. The van der Waals surface area contributed by atoms with Gasteiger partial charge in [0.05, 0.1) is 11.9 Å². The van der Waals surface area contributed by atoms with E-state index in [1.165, 1.54) is 10.6 Å². The Morgan fingerprint density at radius 1 is 1.32 bits per heavy atom. The van der Waals surface area contributed by atoms with Crippen LogP contribution in [0.1, 0.15) is 19.8 Å². The molecule has 0 aromatic heterocycles. The van der Waals surface area contributed by atoms with Gasteiger partial charge in [0, 0.05) is 24.7 Å². The predicted molar refractivity (Wildman–Crippen MR) is 92.9 cm³/mol. The van der Waals surface area contributed by atoms with Crippen LogP contribution in [0, 0.1) is 5.92 Å². The van der Waals surface area contributed by atoms with Gasteiger partial charge in [-0.2, -0.15) is 0 Å². The Balaban J connectivity index is 1.63. The van der Waals surface area contributed by atoms with Gasteiger partial charge in [-0.1, -0.05) is 0 Å². The Labute approximate surface area is 146 Å². The summed E-state index contributed by atoms with van der Waals surface area (Å²) >= 11 is 0. The van der Waals surface area contributed by atoms with E-state index in [-0.39, 0.29) is 17.7 Å². The maximum atomic E-state index is 12.4. The molecule has 1 saturated heterocycles. The standard InChI is InChI=1S/C16H21N3O5S/c1-10-15(20)18-13-9-12(3-4-14(13)24-10)17-16(21)11-5-7-19(8-6-11)25(2,22)23/h3-4,9-11H,5-8H2,1-2H3,(H,17,21)(H,18,20). The molecule has 2 aliphatic rings. The summed E-state index contributed by atoms with van der Waals surface area (Å²) < 4.78 is 29.9. The number of nitrogens with one attached hydrogen (secondary N) is 2. The summed E-state index contributed by atoms with van der Waals surface area (Å²) in [4.78, 5) is 24.1. The maximum Gasteiger partial charge on any atom is 0.265 e. The molecule has 0 spiro atoms. The molecule has 0 bridgehead atoms. The van der Waals surface area contributed by atoms with E-state index in [0.717, 1.165) is 0 Å². The van der Waals surface area contributed by atoms with Crippen LogP contribution in [0.25, 0.3) is 0 Å². The molecular weight excluding hydrogens is 346 g/mol. The first kappa shape index (κ1) is 17.7. The van der Waals surface area contributed by atoms with Crippen molar-refractivity contribution in [3.8, 4) is 5.75 Å². The van der Waals surface area contributed by atoms with Crippen LogP contribution < -0.4 is 15.4 Å². The minimum atomic E-state index is -3.21. The van der Waals surface area contributed by atoms with Gasteiger partial charge in [-0.3, -0.25) is 9.59 Å². The number of sulfonamides is 1. The lowest BCUT2D eigenvalue weighted by Crippen LogP contribution is -2.40. The Morgan fingerprint density at radius 3 is 2.64 bits per heavy atom. The zero-order chi connectivity index (χ0) is 18.2. The highest BCUT2D eigenvalue weighted by atomic mass is 32.2. The highest BCUT2D eigenvalue weighted by Crippen LogP contribution is 2.32. The molecule has 2 aliphatic heterocycles. The monoisotopic (exact) mass is 367 g/mol. The molecule has 136 valence electrons. The first-order valence-corrected chi connectivity index (χ1v) is 9.96. The molecule has 9 heteroatoms. The van der Waals surface area contributed by atoms with Crippen LogP contribution in [0.2, 0.25) is 0 Å². The van der Waals surface area contributed by atoms with Gasteiger partial charge in [0.1, 0.15) is 5.75 Å². The molecule has 0 radical (unpaired) electrons. The highest BCUT2D eigenvalue weighted by molar-refractivity contribution is 7.88. The van der Waals surface area contributed by atoms with Crippen LogP contribution >= 0.6 is 0 Å². The number of amides is 2. The number of anilines is 2. The number of hydrogen-bond donors (Lipinski definition) is 2. The summed E-state index contributed by atoms with van der Waals surface area (Å²) in [5.41, 5.74) is 1.08. The maximum absolute atomic E-state index is 12.4. The SMILES string of the molecule is CC1Oc2ccc(NC(=O)C3CCN(S(C)(=O)=O)CC3)cc2NC1=O. The molecule has 3 rings (SSSR count). The molecule has 1 aromatic carbocycles. The van der Waals surface area contributed by atoms with E-state index in [1.54, 1.807) is 25.1 Å². The van der Waals surface area contributed by atoms with Gasteiger partial charge in [-0.15, -0.1) is 0 Å². The Bertz CT molecular complexity index is 800. The number of benzene rings is 1. The summed E-state index contributed by atoms with van der Waals surface area (Å²) in [5, 5.41) is 5.56. The first-order chi connectivity index (χ1) is 11.7. The zero-order valence-electron chi connectivity index (χ0n) is 14.1. The molecule has 0 saturated carbocycles. The van der Waals surface area contributed by atoms with Crippen molar-refractivity contribution in [2.24, 2.45) is 5.92 Å². The summed E-state index contributed by atoms with van der Waals surface area (Å²) in [6.45, 7) is 2.36. The van der Waals surface area contributed by atoms with Crippen molar-refractivity contribution < 1.29 is 22.7 Å². The number of carbonyl (C=O) groups is 2. The minimum absolute atomic E-state index is 0.149. The van der Waals surface area contributed by atoms with Crippen LogP contribution in [0.3, 0.4) is 0 Å². The molecule has 25 heavy (non-hydrogen) atoms. The van der Waals surface area contributed by atoms with Crippen molar-refractivity contribution in [1.82, 2.24) is 4.31 Å². The number of ether oxygens (including phenoxy) is 1. The molecule has 2 N–H and O–H groups in total. The number of carbonyl (C=O) groups excluding carboxylic acids is 2. The van der Waals surface area contributed by atoms with E-state index >= 15 is 0 Å². The van der Waals surface area contributed by atoms with Crippen molar-refractivity contribution in [3.05, 3.63) is 18.2 Å². The summed E-state index contributed by atoms with van der Waals surface area (Å²) in [5.74, 6) is -0.0555. The fraction of sp³-hybridized carbons (Fsp3) is 0.500. The average molecular weight is 367 g/mol. The van der Waals surface area contributed by atoms with Crippen LogP contribution in [0.15, 0.2) is 18.2 Å². The lowest BCUT2D eigenvalue weighted by Gasteiger charge is -2.29. The van der Waals surface area contributed by atoms with Crippen molar-refractivity contribution >= 4 is 33.2 Å². The molecule has 1 aromatic rings. The normalized spacial score (nSPS) is 21.8. The zero-order valence-corrected chi connectivity index (χ0v) is 14.9. The average Bonchev–Trinajstić information content (AvgIpc) is 2.55. The highest BCUT2D eigenvalue weighted by Gasteiger charge is 2.29. The van der Waals surface area contributed by atoms with Gasteiger partial charge in [0.25, 0.3) is 5.91 Å². The third-order valence-corrected chi connectivity index (χ3v) is 5.77. The van der Waals surface area contributed by atoms with Gasteiger partial charge < -0.3 is 15.4 Å². The molecule has 8 nitrogen and oxygen atoms in total. The number of rotatable bonds is 3. The van der Waals surface area contributed by atoms with Crippen molar-refractivity contribution in [2.45, 2.75) is 25.9 Å².